The molecule has 0 spiro atoms. The van der Waals surface area contributed by atoms with Gasteiger partial charge in [0.25, 0.3) is 0 Å². The molecule has 4 nitrogen and oxygen atoms in total. The van der Waals surface area contributed by atoms with Gasteiger partial charge in [-0.25, -0.2) is 0 Å². The summed E-state index contributed by atoms with van der Waals surface area (Å²) in [5.74, 6) is -1.55. The Morgan fingerprint density at radius 3 is 2.65 bits per heavy atom. The Balaban J connectivity index is 2.79. The Bertz CT molecular complexity index is 434. The lowest BCUT2D eigenvalue weighted by Gasteiger charge is -2.25. The molecule has 1 amide bonds. The average molecular weight is 256 g/mol. The van der Waals surface area contributed by atoms with Crippen molar-refractivity contribution in [2.45, 2.75) is 19.4 Å². The molecule has 0 aliphatic carbocycles. The number of hydrogen-bond donors (Lipinski definition) is 1. The number of halogens is 1. The summed E-state index contributed by atoms with van der Waals surface area (Å²) in [7, 11) is 1.58. The zero-order valence-electron chi connectivity index (χ0n) is 9.68. The minimum absolute atomic E-state index is 0.208. The average Bonchev–Trinajstić information content (AvgIpc) is 2.26. The van der Waals surface area contributed by atoms with Gasteiger partial charge in [-0.05, 0) is 24.6 Å². The quantitative estimate of drug-likeness (QED) is 0.840. The van der Waals surface area contributed by atoms with Gasteiger partial charge in [0.05, 0.1) is 6.04 Å². The molecule has 0 saturated carbocycles. The summed E-state index contributed by atoms with van der Waals surface area (Å²) in [6.45, 7) is 1.82. The first-order valence-corrected chi connectivity index (χ1v) is 5.52. The van der Waals surface area contributed by atoms with Gasteiger partial charge in [0, 0.05) is 12.1 Å². The van der Waals surface area contributed by atoms with Gasteiger partial charge in [0.15, 0.2) is 0 Å². The third kappa shape index (κ3) is 3.75. The molecule has 1 unspecified atom stereocenters. The number of carboxylic acid groups (broad SMARTS) is 1. The van der Waals surface area contributed by atoms with E-state index in [9.17, 15) is 9.59 Å². The summed E-state index contributed by atoms with van der Waals surface area (Å²) in [6.07, 6.45) is -0.499. The molecular formula is C12H14ClNO3. The highest BCUT2D eigenvalue weighted by Gasteiger charge is 2.19. The van der Waals surface area contributed by atoms with Crippen molar-refractivity contribution in [3.8, 4) is 0 Å². The van der Waals surface area contributed by atoms with Crippen molar-refractivity contribution in [2.24, 2.45) is 0 Å². The fourth-order valence-corrected chi connectivity index (χ4v) is 1.66. The van der Waals surface area contributed by atoms with E-state index in [0.717, 1.165) is 5.56 Å². The van der Waals surface area contributed by atoms with Crippen LogP contribution in [0.4, 0.5) is 0 Å². The molecular weight excluding hydrogens is 242 g/mol. The highest BCUT2D eigenvalue weighted by atomic mass is 35.5. The number of nitrogens with zero attached hydrogens (tertiary/aromatic N) is 1. The fraction of sp³-hybridized carbons (Fsp3) is 0.333. The molecule has 1 N–H and O–H groups in total. The molecule has 0 heterocycles. The smallest absolute Gasteiger partial charge is 0.312 e. The highest BCUT2D eigenvalue weighted by molar-refractivity contribution is 6.30. The minimum Gasteiger partial charge on any atom is -0.481 e. The standard InChI is InChI=1S/C12H14ClNO3/c1-8(9-4-3-5-10(13)6-9)14(2)11(15)7-12(16)17/h3-6,8H,7H2,1-2H3,(H,16,17). The molecule has 5 heteroatoms. The third-order valence-corrected chi connectivity index (χ3v) is 2.84. The summed E-state index contributed by atoms with van der Waals surface area (Å²) < 4.78 is 0. The maximum Gasteiger partial charge on any atom is 0.312 e. The summed E-state index contributed by atoms with van der Waals surface area (Å²) in [4.78, 5) is 23.4. The number of benzene rings is 1. The van der Waals surface area contributed by atoms with Crippen LogP contribution in [0.1, 0.15) is 24.9 Å². The van der Waals surface area contributed by atoms with E-state index in [-0.39, 0.29) is 6.04 Å². The lowest BCUT2D eigenvalue weighted by atomic mass is 10.1. The Hall–Kier alpha value is -1.55. The van der Waals surface area contributed by atoms with E-state index in [0.29, 0.717) is 5.02 Å². The normalized spacial score (nSPS) is 11.9. The molecule has 0 fully saturated rings. The van der Waals surface area contributed by atoms with E-state index in [1.54, 1.807) is 25.2 Å². The van der Waals surface area contributed by atoms with E-state index in [2.05, 4.69) is 0 Å². The number of rotatable bonds is 4. The molecule has 0 saturated heterocycles. The SMILES string of the molecule is CC(c1cccc(Cl)c1)N(C)C(=O)CC(=O)O. The second-order valence-corrected chi connectivity index (χ2v) is 4.24. The first kappa shape index (κ1) is 13.5. The second-order valence-electron chi connectivity index (χ2n) is 3.81. The van der Waals surface area contributed by atoms with Crippen LogP contribution in [0.3, 0.4) is 0 Å². The van der Waals surface area contributed by atoms with E-state index in [1.165, 1.54) is 4.90 Å². The molecule has 0 aromatic heterocycles. The van der Waals surface area contributed by atoms with Crippen molar-refractivity contribution in [3.63, 3.8) is 0 Å². The number of carbonyl (C=O) groups excluding carboxylic acids is 1. The van der Waals surface area contributed by atoms with Gasteiger partial charge in [-0.3, -0.25) is 9.59 Å². The number of hydrogen-bond acceptors (Lipinski definition) is 2. The predicted octanol–water partition coefficient (Wildman–Crippen LogP) is 2.33. The maximum atomic E-state index is 11.6. The predicted molar refractivity (Wildman–Crippen MR) is 64.9 cm³/mol. The van der Waals surface area contributed by atoms with Crippen molar-refractivity contribution in [3.05, 3.63) is 34.9 Å². The molecule has 0 bridgehead atoms. The molecule has 17 heavy (non-hydrogen) atoms. The van der Waals surface area contributed by atoms with Crippen molar-refractivity contribution in [1.29, 1.82) is 0 Å². The van der Waals surface area contributed by atoms with Crippen molar-refractivity contribution < 1.29 is 14.7 Å². The number of amides is 1. The zero-order valence-corrected chi connectivity index (χ0v) is 10.4. The van der Waals surface area contributed by atoms with Crippen LogP contribution in [0.25, 0.3) is 0 Å². The highest BCUT2D eigenvalue weighted by Crippen LogP contribution is 2.22. The molecule has 1 aromatic carbocycles. The van der Waals surface area contributed by atoms with E-state index in [1.807, 2.05) is 13.0 Å². The zero-order chi connectivity index (χ0) is 13.0. The Labute approximate surface area is 105 Å². The first-order chi connectivity index (χ1) is 7.91. The molecule has 0 aliphatic rings. The fourth-order valence-electron chi connectivity index (χ4n) is 1.46. The van der Waals surface area contributed by atoms with Gasteiger partial charge in [0.1, 0.15) is 6.42 Å². The van der Waals surface area contributed by atoms with Gasteiger partial charge < -0.3 is 10.0 Å². The van der Waals surface area contributed by atoms with Crippen LogP contribution in [-0.4, -0.2) is 28.9 Å². The van der Waals surface area contributed by atoms with E-state index >= 15 is 0 Å². The van der Waals surface area contributed by atoms with Crippen LogP contribution in [0, 0.1) is 0 Å². The van der Waals surface area contributed by atoms with Crippen molar-refractivity contribution in [2.75, 3.05) is 7.05 Å². The molecule has 1 aromatic rings. The van der Waals surface area contributed by atoms with Gasteiger partial charge in [-0.1, -0.05) is 23.7 Å². The van der Waals surface area contributed by atoms with Crippen LogP contribution in [0.5, 0.6) is 0 Å². The van der Waals surface area contributed by atoms with Crippen LogP contribution in [0.2, 0.25) is 5.02 Å². The van der Waals surface area contributed by atoms with E-state index < -0.39 is 18.3 Å². The topological polar surface area (TPSA) is 57.6 Å². The van der Waals surface area contributed by atoms with Crippen LogP contribution in [0.15, 0.2) is 24.3 Å². The van der Waals surface area contributed by atoms with Crippen LogP contribution in [-0.2, 0) is 9.59 Å². The summed E-state index contributed by atoms with van der Waals surface area (Å²) in [5.41, 5.74) is 0.874. The lowest BCUT2D eigenvalue weighted by Crippen LogP contribution is -2.31. The van der Waals surface area contributed by atoms with Gasteiger partial charge >= 0.3 is 5.97 Å². The van der Waals surface area contributed by atoms with Gasteiger partial charge in [-0.2, -0.15) is 0 Å². The maximum absolute atomic E-state index is 11.6. The Kier molecular flexibility index (Phi) is 4.52. The number of aliphatic carboxylic acids is 1. The van der Waals surface area contributed by atoms with Gasteiger partial charge in [-0.15, -0.1) is 0 Å². The second kappa shape index (κ2) is 5.68. The molecule has 1 rings (SSSR count). The summed E-state index contributed by atoms with van der Waals surface area (Å²) in [5, 5.41) is 9.15. The summed E-state index contributed by atoms with van der Waals surface area (Å²) in [6, 6.07) is 6.94. The van der Waals surface area contributed by atoms with Crippen LogP contribution < -0.4 is 0 Å². The molecule has 0 aliphatic heterocycles. The third-order valence-electron chi connectivity index (χ3n) is 2.61. The Morgan fingerprint density at radius 1 is 1.47 bits per heavy atom. The largest absolute Gasteiger partial charge is 0.481 e. The van der Waals surface area contributed by atoms with Crippen LogP contribution >= 0.6 is 11.6 Å². The molecule has 0 radical (unpaired) electrons. The lowest BCUT2D eigenvalue weighted by molar-refractivity contribution is -0.144. The number of carboxylic acids is 1. The van der Waals surface area contributed by atoms with E-state index in [4.69, 9.17) is 16.7 Å². The Morgan fingerprint density at radius 2 is 2.12 bits per heavy atom. The monoisotopic (exact) mass is 255 g/mol. The number of carbonyl (C=O) groups is 2. The van der Waals surface area contributed by atoms with Gasteiger partial charge in [0.2, 0.25) is 5.91 Å². The minimum atomic E-state index is -1.12. The molecule has 1 atom stereocenters. The van der Waals surface area contributed by atoms with Crippen molar-refractivity contribution >= 4 is 23.5 Å². The molecule has 92 valence electrons. The van der Waals surface area contributed by atoms with Crippen molar-refractivity contribution in [1.82, 2.24) is 4.90 Å². The first-order valence-electron chi connectivity index (χ1n) is 5.14. The summed E-state index contributed by atoms with van der Waals surface area (Å²) >= 11 is 5.86.